The van der Waals surface area contributed by atoms with Crippen LogP contribution in [0.4, 0.5) is 0 Å². The van der Waals surface area contributed by atoms with E-state index in [0.29, 0.717) is 36.4 Å². The predicted molar refractivity (Wildman–Crippen MR) is 170 cm³/mol. The summed E-state index contributed by atoms with van der Waals surface area (Å²) in [6.07, 6.45) is 14.9. The summed E-state index contributed by atoms with van der Waals surface area (Å²) in [5.74, 6) is -4.23. The van der Waals surface area contributed by atoms with Crippen LogP contribution < -0.4 is 5.14 Å². The molecule has 46 heavy (non-hydrogen) atoms. The van der Waals surface area contributed by atoms with Crippen LogP contribution in [0, 0.1) is 5.92 Å². The lowest BCUT2D eigenvalue weighted by Crippen LogP contribution is -2.40. The lowest BCUT2D eigenvalue weighted by Gasteiger charge is -2.41. The van der Waals surface area contributed by atoms with Gasteiger partial charge in [0, 0.05) is 49.5 Å². The number of nitrogens with two attached hydrogens (primary N) is 1. The molecule has 258 valence electrons. The molecule has 1 saturated heterocycles. The summed E-state index contributed by atoms with van der Waals surface area (Å²) in [7, 11) is -1.43. The number of sulfonamides is 1. The number of benzene rings is 1. The molecule has 1 saturated carbocycles. The van der Waals surface area contributed by atoms with Crippen LogP contribution in [0.3, 0.4) is 0 Å². The maximum Gasteiger partial charge on any atom is 0.328 e. The second-order valence-electron chi connectivity index (χ2n) is 11.5. The summed E-state index contributed by atoms with van der Waals surface area (Å²) in [6, 6.07) is 6.55. The number of hydrogen-bond donors (Lipinski definition) is 5. The van der Waals surface area contributed by atoms with Crippen molar-refractivity contribution in [1.82, 2.24) is 9.80 Å². The molecule has 1 aromatic rings. The van der Waals surface area contributed by atoms with Gasteiger partial charge in [-0.15, -0.1) is 0 Å². The fraction of sp³-hybridized carbons (Fsp3) is 0.548. The SMILES string of the molecule is CN1CCC[C@H]1CCC1c2cc(S(N)(=O)=O)ccc2CCN1CC1CCCCC1.O.O=C(O)/C=C/C(=O)O.O=C(O)/C=C/C(=O)O. The van der Waals surface area contributed by atoms with Crippen molar-refractivity contribution in [2.24, 2.45) is 11.1 Å². The average molecular weight is 670 g/mol. The number of fused-ring (bicyclic) bond motifs is 1. The molecule has 2 aliphatic heterocycles. The minimum atomic E-state index is -3.67. The molecule has 15 heteroatoms. The highest BCUT2D eigenvalue weighted by Gasteiger charge is 2.32. The smallest absolute Gasteiger partial charge is 0.328 e. The number of nitrogens with zero attached hydrogens (tertiary/aromatic N) is 2. The van der Waals surface area contributed by atoms with E-state index in [1.807, 2.05) is 12.1 Å². The molecule has 0 bridgehead atoms. The van der Waals surface area contributed by atoms with E-state index in [1.54, 1.807) is 6.07 Å². The van der Waals surface area contributed by atoms with Crippen molar-refractivity contribution in [2.75, 3.05) is 26.7 Å². The maximum absolute atomic E-state index is 12.0. The molecule has 0 aromatic heterocycles. The molecule has 4 rings (SSSR count). The minimum absolute atomic E-state index is 0. The molecule has 8 N–H and O–H groups in total. The van der Waals surface area contributed by atoms with Gasteiger partial charge in [-0.1, -0.05) is 25.3 Å². The molecule has 2 atom stereocenters. The van der Waals surface area contributed by atoms with Crippen LogP contribution >= 0.6 is 0 Å². The molecule has 3 aliphatic rings. The standard InChI is InChI=1S/C23H37N3O2S.2C4H4O4.H2O/c1-25-14-5-8-20(25)10-12-23-22-16-21(29(24,27)28)11-9-19(22)13-15-26(23)17-18-6-3-2-4-7-18;2*5-3(6)1-2-4(7)8;/h9,11,16,18,20,23H,2-8,10,12-15,17H2,1H3,(H2,24,27,28);2*1-2H,(H,5,6)(H,7,8);1H2/b;2*2-1+;/t20-,23?;;;/m0.../s1. The van der Waals surface area contributed by atoms with Crippen molar-refractivity contribution in [3.05, 3.63) is 53.6 Å². The number of carbonyl (C=O) groups is 4. The van der Waals surface area contributed by atoms with E-state index in [9.17, 15) is 27.6 Å². The summed E-state index contributed by atoms with van der Waals surface area (Å²) in [5.41, 5.74) is 2.52. The van der Waals surface area contributed by atoms with Gasteiger partial charge in [0.25, 0.3) is 0 Å². The number of rotatable bonds is 10. The van der Waals surface area contributed by atoms with Crippen LogP contribution in [0.25, 0.3) is 0 Å². The van der Waals surface area contributed by atoms with Gasteiger partial charge in [-0.3, -0.25) is 4.90 Å². The van der Waals surface area contributed by atoms with Crippen molar-refractivity contribution in [1.29, 1.82) is 0 Å². The van der Waals surface area contributed by atoms with Crippen LogP contribution in [0.15, 0.2) is 47.4 Å². The Morgan fingerprint density at radius 1 is 0.826 bits per heavy atom. The van der Waals surface area contributed by atoms with Gasteiger partial charge in [-0.2, -0.15) is 0 Å². The Hall–Kier alpha value is -3.63. The van der Waals surface area contributed by atoms with Gasteiger partial charge in [0.2, 0.25) is 10.0 Å². The number of aliphatic carboxylic acids is 4. The van der Waals surface area contributed by atoms with E-state index >= 15 is 0 Å². The Morgan fingerprint density at radius 2 is 1.37 bits per heavy atom. The van der Waals surface area contributed by atoms with Crippen LogP contribution in [-0.2, 0) is 35.6 Å². The highest BCUT2D eigenvalue weighted by atomic mass is 32.2. The van der Waals surface area contributed by atoms with Crippen LogP contribution in [-0.4, -0.2) is 101 Å². The molecule has 2 fully saturated rings. The number of hydrogen-bond acceptors (Lipinski definition) is 8. The summed E-state index contributed by atoms with van der Waals surface area (Å²) < 4.78 is 24.0. The van der Waals surface area contributed by atoms with Gasteiger partial charge in [-0.05, 0) is 87.7 Å². The summed E-state index contributed by atoms with van der Waals surface area (Å²) >= 11 is 0. The van der Waals surface area contributed by atoms with Crippen molar-refractivity contribution in [3.8, 4) is 0 Å². The third-order valence-electron chi connectivity index (χ3n) is 8.31. The van der Waals surface area contributed by atoms with Gasteiger partial charge < -0.3 is 30.8 Å². The fourth-order valence-electron chi connectivity index (χ4n) is 6.14. The van der Waals surface area contributed by atoms with Gasteiger partial charge in [0.1, 0.15) is 0 Å². The van der Waals surface area contributed by atoms with E-state index in [-0.39, 0.29) is 10.4 Å². The van der Waals surface area contributed by atoms with E-state index in [1.165, 1.54) is 69.0 Å². The number of likely N-dealkylation sites (tertiary alicyclic amines) is 1. The van der Waals surface area contributed by atoms with Crippen LogP contribution in [0.2, 0.25) is 0 Å². The van der Waals surface area contributed by atoms with Gasteiger partial charge in [0.15, 0.2) is 0 Å². The first-order valence-corrected chi connectivity index (χ1v) is 16.6. The van der Waals surface area contributed by atoms with E-state index in [2.05, 4.69) is 16.8 Å². The van der Waals surface area contributed by atoms with Gasteiger partial charge in [0.05, 0.1) is 4.90 Å². The molecule has 1 aromatic carbocycles. The molecule has 0 amide bonds. The quantitative estimate of drug-likeness (QED) is 0.225. The lowest BCUT2D eigenvalue weighted by molar-refractivity contribution is -0.134. The Morgan fingerprint density at radius 3 is 1.83 bits per heavy atom. The second-order valence-corrected chi connectivity index (χ2v) is 13.1. The summed E-state index contributed by atoms with van der Waals surface area (Å²) in [5, 5.41) is 36.7. The molecule has 0 radical (unpaired) electrons. The Labute approximate surface area is 269 Å². The zero-order valence-corrected chi connectivity index (χ0v) is 26.9. The topological polar surface area (TPSA) is 247 Å². The van der Waals surface area contributed by atoms with Crippen molar-refractivity contribution < 1.29 is 53.5 Å². The summed E-state index contributed by atoms with van der Waals surface area (Å²) in [4.78, 5) is 43.6. The third-order valence-corrected chi connectivity index (χ3v) is 9.22. The lowest BCUT2D eigenvalue weighted by atomic mass is 9.85. The normalized spacial score (nSPS) is 20.5. The van der Waals surface area contributed by atoms with Crippen LogP contribution in [0.5, 0.6) is 0 Å². The Kier molecular flexibility index (Phi) is 17.4. The van der Waals surface area contributed by atoms with E-state index in [0.717, 1.165) is 31.8 Å². The van der Waals surface area contributed by atoms with E-state index in [4.69, 9.17) is 25.6 Å². The first-order chi connectivity index (χ1) is 21.2. The summed E-state index contributed by atoms with van der Waals surface area (Å²) in [6.45, 7) is 3.45. The van der Waals surface area contributed by atoms with Crippen LogP contribution in [0.1, 0.15) is 75.0 Å². The Balaban J connectivity index is 0.000000518. The highest BCUT2D eigenvalue weighted by Crippen LogP contribution is 2.38. The Bertz CT molecular complexity index is 1270. The monoisotopic (exact) mass is 669 g/mol. The molecule has 1 aliphatic carbocycles. The number of carboxylic acids is 4. The fourth-order valence-corrected chi connectivity index (χ4v) is 6.69. The number of primary sulfonamides is 1. The minimum Gasteiger partial charge on any atom is -0.478 e. The molecule has 2 heterocycles. The van der Waals surface area contributed by atoms with Gasteiger partial charge in [-0.25, -0.2) is 32.7 Å². The highest BCUT2D eigenvalue weighted by molar-refractivity contribution is 7.89. The zero-order chi connectivity index (χ0) is 33.6. The molecule has 0 spiro atoms. The van der Waals surface area contributed by atoms with Crippen molar-refractivity contribution in [3.63, 3.8) is 0 Å². The first kappa shape index (κ1) is 40.4. The van der Waals surface area contributed by atoms with E-state index < -0.39 is 33.9 Å². The first-order valence-electron chi connectivity index (χ1n) is 15.0. The molecular weight excluding hydrogens is 622 g/mol. The maximum atomic E-state index is 12.0. The predicted octanol–water partition coefficient (Wildman–Crippen LogP) is 2.29. The average Bonchev–Trinajstić information content (AvgIpc) is 3.39. The van der Waals surface area contributed by atoms with Gasteiger partial charge >= 0.3 is 23.9 Å². The van der Waals surface area contributed by atoms with Crippen molar-refractivity contribution in [2.45, 2.75) is 81.2 Å². The second kappa shape index (κ2) is 19.8. The molecular formula is C31H47N3O11S. The number of carboxylic acid groups (broad SMARTS) is 4. The largest absolute Gasteiger partial charge is 0.478 e. The molecule has 1 unspecified atom stereocenters. The van der Waals surface area contributed by atoms with Crippen molar-refractivity contribution >= 4 is 33.9 Å². The molecule has 14 nitrogen and oxygen atoms in total. The zero-order valence-electron chi connectivity index (χ0n) is 26.1. The third kappa shape index (κ3) is 14.6.